The van der Waals surface area contributed by atoms with Crippen molar-refractivity contribution >= 4 is 6.03 Å². The molecule has 5 nitrogen and oxygen atoms in total. The second-order valence-corrected chi connectivity index (χ2v) is 8.77. The van der Waals surface area contributed by atoms with E-state index in [-0.39, 0.29) is 17.1 Å². The van der Waals surface area contributed by atoms with Gasteiger partial charge in [-0.1, -0.05) is 0 Å². The fourth-order valence-electron chi connectivity index (χ4n) is 3.20. The molecular weight excluding hydrogens is 276 g/mol. The Morgan fingerprint density at radius 1 is 0.864 bits per heavy atom. The van der Waals surface area contributed by atoms with Crippen molar-refractivity contribution in [1.82, 2.24) is 19.6 Å². The number of likely N-dealkylation sites (N-methyl/N-ethyl adjacent to an activating group) is 1. The average molecular weight is 310 g/mol. The molecule has 2 amide bonds. The van der Waals surface area contributed by atoms with Gasteiger partial charge in [0.2, 0.25) is 0 Å². The average Bonchev–Trinajstić information content (AvgIpc) is 2.33. The van der Waals surface area contributed by atoms with Crippen LogP contribution in [0, 0.1) is 0 Å². The van der Waals surface area contributed by atoms with E-state index in [9.17, 15) is 4.79 Å². The topological polar surface area (TPSA) is 30.0 Å². The third-order valence-electron chi connectivity index (χ3n) is 5.16. The molecule has 0 unspecified atom stereocenters. The van der Waals surface area contributed by atoms with E-state index < -0.39 is 0 Å². The van der Waals surface area contributed by atoms with E-state index in [1.807, 2.05) is 16.8 Å². The van der Waals surface area contributed by atoms with Crippen molar-refractivity contribution in [3.05, 3.63) is 0 Å². The third kappa shape index (κ3) is 3.74. The lowest BCUT2D eigenvalue weighted by Gasteiger charge is -2.51. The first-order valence-electron chi connectivity index (χ1n) is 8.52. The van der Waals surface area contributed by atoms with Crippen LogP contribution in [0.2, 0.25) is 0 Å². The standard InChI is InChI=1S/C17H34N4O/c1-16(2,3)20-10-8-19(9-11-20)15(22)18(7)14-12-21(13-14)17(4,5)6/h14H,8-13H2,1-7H3. The molecule has 0 aliphatic carbocycles. The molecule has 0 N–H and O–H groups in total. The van der Waals surface area contributed by atoms with Crippen molar-refractivity contribution < 1.29 is 4.79 Å². The molecule has 2 aliphatic rings. The Hall–Kier alpha value is -0.810. The van der Waals surface area contributed by atoms with E-state index in [4.69, 9.17) is 0 Å². The molecule has 128 valence electrons. The van der Waals surface area contributed by atoms with Gasteiger partial charge < -0.3 is 9.80 Å². The molecular formula is C17H34N4O. The zero-order chi connectivity index (χ0) is 16.7. The Balaban J connectivity index is 1.81. The summed E-state index contributed by atoms with van der Waals surface area (Å²) in [6.07, 6.45) is 0. The van der Waals surface area contributed by atoms with Crippen molar-refractivity contribution in [3.8, 4) is 0 Å². The highest BCUT2D eigenvalue weighted by Crippen LogP contribution is 2.24. The molecule has 0 atom stereocenters. The maximum atomic E-state index is 12.7. The molecule has 2 saturated heterocycles. The van der Waals surface area contributed by atoms with Crippen LogP contribution in [0.1, 0.15) is 41.5 Å². The first-order chi connectivity index (χ1) is 10.00. The van der Waals surface area contributed by atoms with Gasteiger partial charge in [-0.15, -0.1) is 0 Å². The molecule has 2 fully saturated rings. The minimum absolute atomic E-state index is 0.197. The molecule has 5 heteroatoms. The number of nitrogens with zero attached hydrogens (tertiary/aromatic N) is 4. The molecule has 0 bridgehead atoms. The number of hydrogen-bond donors (Lipinski definition) is 0. The second kappa shape index (κ2) is 6.00. The molecule has 2 rings (SSSR count). The molecule has 22 heavy (non-hydrogen) atoms. The van der Waals surface area contributed by atoms with Crippen LogP contribution in [0.15, 0.2) is 0 Å². The maximum Gasteiger partial charge on any atom is 0.320 e. The summed E-state index contributed by atoms with van der Waals surface area (Å²) in [7, 11) is 1.96. The van der Waals surface area contributed by atoms with Gasteiger partial charge in [0.25, 0.3) is 0 Å². The lowest BCUT2D eigenvalue weighted by Crippen LogP contribution is -2.66. The zero-order valence-electron chi connectivity index (χ0n) is 15.5. The minimum atomic E-state index is 0.197. The summed E-state index contributed by atoms with van der Waals surface area (Å²) in [5.41, 5.74) is 0.404. The van der Waals surface area contributed by atoms with Crippen molar-refractivity contribution in [3.63, 3.8) is 0 Å². The smallest absolute Gasteiger partial charge is 0.320 e. The molecule has 0 saturated carbocycles. The molecule has 0 aromatic carbocycles. The lowest BCUT2D eigenvalue weighted by molar-refractivity contribution is -0.00890. The summed E-state index contributed by atoms with van der Waals surface area (Å²) >= 11 is 0. The Bertz CT molecular complexity index is 392. The number of hydrogen-bond acceptors (Lipinski definition) is 3. The Morgan fingerprint density at radius 2 is 1.32 bits per heavy atom. The third-order valence-corrected chi connectivity index (χ3v) is 5.16. The van der Waals surface area contributed by atoms with Crippen molar-refractivity contribution in [2.24, 2.45) is 0 Å². The van der Waals surface area contributed by atoms with Crippen LogP contribution >= 0.6 is 0 Å². The first-order valence-corrected chi connectivity index (χ1v) is 8.52. The summed E-state index contributed by atoms with van der Waals surface area (Å²) in [5, 5.41) is 0. The van der Waals surface area contributed by atoms with Crippen LogP contribution in [-0.2, 0) is 0 Å². The summed E-state index contributed by atoms with van der Waals surface area (Å²) in [5.74, 6) is 0. The molecule has 2 aliphatic heterocycles. The Morgan fingerprint density at radius 3 is 1.73 bits per heavy atom. The van der Waals surface area contributed by atoms with Gasteiger partial charge in [-0.05, 0) is 41.5 Å². The maximum absolute atomic E-state index is 12.7. The number of carbonyl (C=O) groups excluding carboxylic acids is 1. The number of piperazine rings is 1. The minimum Gasteiger partial charge on any atom is -0.322 e. The fourth-order valence-corrected chi connectivity index (χ4v) is 3.20. The van der Waals surface area contributed by atoms with Crippen LogP contribution in [0.4, 0.5) is 4.79 Å². The van der Waals surface area contributed by atoms with Gasteiger partial charge in [-0.25, -0.2) is 4.79 Å². The van der Waals surface area contributed by atoms with Crippen LogP contribution in [-0.4, -0.2) is 89.1 Å². The van der Waals surface area contributed by atoms with Gasteiger partial charge in [0.05, 0.1) is 6.04 Å². The van der Waals surface area contributed by atoms with Crippen LogP contribution in [0.25, 0.3) is 0 Å². The highest BCUT2D eigenvalue weighted by Gasteiger charge is 2.39. The van der Waals surface area contributed by atoms with E-state index in [0.717, 1.165) is 39.3 Å². The van der Waals surface area contributed by atoms with Crippen molar-refractivity contribution in [2.45, 2.75) is 58.7 Å². The van der Waals surface area contributed by atoms with Gasteiger partial charge >= 0.3 is 6.03 Å². The van der Waals surface area contributed by atoms with Crippen molar-refractivity contribution in [1.29, 1.82) is 0 Å². The fraction of sp³-hybridized carbons (Fsp3) is 0.941. The summed E-state index contributed by atoms with van der Waals surface area (Å²) < 4.78 is 0. The number of urea groups is 1. The van der Waals surface area contributed by atoms with E-state index in [1.54, 1.807) is 0 Å². The van der Waals surface area contributed by atoms with E-state index in [2.05, 4.69) is 51.3 Å². The van der Waals surface area contributed by atoms with Crippen molar-refractivity contribution in [2.75, 3.05) is 46.3 Å². The summed E-state index contributed by atoms with van der Waals surface area (Å²) in [6.45, 7) is 19.0. The first kappa shape index (κ1) is 17.5. The SMILES string of the molecule is CN(C(=O)N1CCN(C(C)(C)C)CC1)C1CN(C(C)(C)C)C1. The van der Waals surface area contributed by atoms with Gasteiger partial charge in [0.1, 0.15) is 0 Å². The molecule has 0 radical (unpaired) electrons. The number of likely N-dealkylation sites (tertiary alicyclic amines) is 1. The lowest BCUT2D eigenvalue weighted by atomic mass is 9.97. The molecule has 0 spiro atoms. The predicted molar refractivity (Wildman–Crippen MR) is 91.2 cm³/mol. The van der Waals surface area contributed by atoms with Gasteiger partial charge in [-0.3, -0.25) is 9.80 Å². The molecule has 0 aromatic heterocycles. The van der Waals surface area contributed by atoms with Crippen LogP contribution < -0.4 is 0 Å². The Labute approximate surface area is 136 Å². The largest absolute Gasteiger partial charge is 0.322 e. The van der Waals surface area contributed by atoms with E-state index in [0.29, 0.717) is 6.04 Å². The predicted octanol–water partition coefficient (Wildman–Crippen LogP) is 1.94. The monoisotopic (exact) mass is 310 g/mol. The molecule has 0 aromatic rings. The highest BCUT2D eigenvalue weighted by molar-refractivity contribution is 5.74. The zero-order valence-corrected chi connectivity index (χ0v) is 15.5. The highest BCUT2D eigenvalue weighted by atomic mass is 16.2. The van der Waals surface area contributed by atoms with Gasteiger partial charge in [0.15, 0.2) is 0 Å². The number of amides is 2. The van der Waals surface area contributed by atoms with Crippen LogP contribution in [0.5, 0.6) is 0 Å². The summed E-state index contributed by atoms with van der Waals surface area (Å²) in [4.78, 5) is 21.5. The molecule has 2 heterocycles. The van der Waals surface area contributed by atoms with E-state index >= 15 is 0 Å². The summed E-state index contributed by atoms with van der Waals surface area (Å²) in [6, 6.07) is 0.569. The number of carbonyl (C=O) groups is 1. The van der Waals surface area contributed by atoms with Gasteiger partial charge in [0, 0.05) is 57.4 Å². The van der Waals surface area contributed by atoms with E-state index in [1.165, 1.54) is 0 Å². The Kier molecular flexibility index (Phi) is 4.79. The quantitative estimate of drug-likeness (QED) is 0.741. The normalized spacial score (nSPS) is 22.6. The number of rotatable bonds is 1. The van der Waals surface area contributed by atoms with Gasteiger partial charge in [-0.2, -0.15) is 0 Å². The second-order valence-electron chi connectivity index (χ2n) is 8.77. The van der Waals surface area contributed by atoms with Crippen LogP contribution in [0.3, 0.4) is 0 Å².